The smallest absolute Gasteiger partial charge is 0.243 e. The van der Waals surface area contributed by atoms with Crippen molar-refractivity contribution < 1.29 is 14.3 Å². The highest BCUT2D eigenvalue weighted by Crippen LogP contribution is 2.20. The molecule has 0 saturated carbocycles. The molecule has 0 aromatic heterocycles. The SMILES string of the molecule is CCCNC(=O)[C@H](Cc1ccccc1)N(Cc1cccc(OC)c1)C(=O)Cc1ccccc1C. The standard InChI is InChI=1S/C29H34N2O3/c1-4-17-30-29(33)27(19-23-12-6-5-7-13-23)31(21-24-14-10-16-26(18-24)34-3)28(32)20-25-15-9-8-11-22(25)2/h5-16,18,27H,4,17,19-21H2,1-3H3,(H,30,33)/t27-/m0/s1. The third kappa shape index (κ3) is 6.95. The Labute approximate surface area is 202 Å². The average Bonchev–Trinajstić information content (AvgIpc) is 2.86. The Morgan fingerprint density at radius 2 is 1.65 bits per heavy atom. The first-order chi connectivity index (χ1) is 16.5. The van der Waals surface area contributed by atoms with Crippen molar-refractivity contribution in [3.8, 4) is 5.75 Å². The lowest BCUT2D eigenvalue weighted by Crippen LogP contribution is -2.51. The van der Waals surface area contributed by atoms with Gasteiger partial charge in [-0.15, -0.1) is 0 Å². The molecular formula is C29H34N2O3. The molecule has 3 aromatic rings. The molecule has 1 atom stereocenters. The van der Waals surface area contributed by atoms with Crippen LogP contribution in [0.3, 0.4) is 0 Å². The predicted octanol–water partition coefficient (Wildman–Crippen LogP) is 4.71. The molecule has 34 heavy (non-hydrogen) atoms. The van der Waals surface area contributed by atoms with Gasteiger partial charge in [-0.25, -0.2) is 0 Å². The van der Waals surface area contributed by atoms with E-state index in [-0.39, 0.29) is 18.2 Å². The molecule has 0 heterocycles. The van der Waals surface area contributed by atoms with Crippen LogP contribution in [-0.2, 0) is 29.0 Å². The maximum Gasteiger partial charge on any atom is 0.243 e. The summed E-state index contributed by atoms with van der Waals surface area (Å²) in [5.74, 6) is 0.510. The second kappa shape index (κ2) is 12.6. The number of rotatable bonds is 11. The number of ether oxygens (including phenoxy) is 1. The van der Waals surface area contributed by atoms with Gasteiger partial charge in [0.2, 0.25) is 11.8 Å². The first-order valence-corrected chi connectivity index (χ1v) is 11.8. The molecule has 0 aliphatic carbocycles. The van der Waals surface area contributed by atoms with Crippen molar-refractivity contribution in [1.82, 2.24) is 10.2 Å². The zero-order valence-corrected chi connectivity index (χ0v) is 20.3. The van der Waals surface area contributed by atoms with Crippen molar-refractivity contribution in [2.24, 2.45) is 0 Å². The lowest BCUT2D eigenvalue weighted by atomic mass is 10.00. The first kappa shape index (κ1) is 25.0. The summed E-state index contributed by atoms with van der Waals surface area (Å²) >= 11 is 0. The van der Waals surface area contributed by atoms with Gasteiger partial charge in [-0.3, -0.25) is 9.59 Å². The fourth-order valence-corrected chi connectivity index (χ4v) is 3.96. The van der Waals surface area contributed by atoms with E-state index in [4.69, 9.17) is 4.74 Å². The Kier molecular flexibility index (Phi) is 9.27. The molecule has 0 unspecified atom stereocenters. The monoisotopic (exact) mass is 458 g/mol. The molecule has 0 radical (unpaired) electrons. The Morgan fingerprint density at radius 3 is 2.35 bits per heavy atom. The van der Waals surface area contributed by atoms with Gasteiger partial charge in [-0.05, 0) is 47.7 Å². The molecule has 1 N–H and O–H groups in total. The first-order valence-electron chi connectivity index (χ1n) is 11.8. The van der Waals surface area contributed by atoms with Crippen LogP contribution >= 0.6 is 0 Å². The number of benzene rings is 3. The minimum atomic E-state index is -0.628. The third-order valence-electron chi connectivity index (χ3n) is 5.91. The van der Waals surface area contributed by atoms with E-state index in [2.05, 4.69) is 5.32 Å². The fraction of sp³-hybridized carbons (Fsp3) is 0.310. The molecule has 3 rings (SSSR count). The molecule has 0 aliphatic heterocycles. The van der Waals surface area contributed by atoms with E-state index in [1.54, 1.807) is 12.0 Å². The number of hydrogen-bond acceptors (Lipinski definition) is 3. The van der Waals surface area contributed by atoms with E-state index < -0.39 is 6.04 Å². The molecule has 3 aromatic carbocycles. The number of hydrogen-bond donors (Lipinski definition) is 1. The quantitative estimate of drug-likeness (QED) is 0.453. The summed E-state index contributed by atoms with van der Waals surface area (Å²) < 4.78 is 5.38. The molecule has 0 saturated heterocycles. The van der Waals surface area contributed by atoms with Crippen LogP contribution in [0.2, 0.25) is 0 Å². The van der Waals surface area contributed by atoms with E-state index in [0.29, 0.717) is 19.5 Å². The van der Waals surface area contributed by atoms with Gasteiger partial charge in [0.25, 0.3) is 0 Å². The summed E-state index contributed by atoms with van der Waals surface area (Å²) in [6.07, 6.45) is 1.51. The highest BCUT2D eigenvalue weighted by atomic mass is 16.5. The zero-order chi connectivity index (χ0) is 24.3. The number of amides is 2. The van der Waals surface area contributed by atoms with Gasteiger partial charge in [0.05, 0.1) is 13.5 Å². The van der Waals surface area contributed by atoms with Crippen LogP contribution in [0, 0.1) is 6.92 Å². The van der Waals surface area contributed by atoms with Crippen molar-refractivity contribution >= 4 is 11.8 Å². The van der Waals surface area contributed by atoms with Gasteiger partial charge in [-0.2, -0.15) is 0 Å². The number of nitrogens with one attached hydrogen (secondary N) is 1. The molecule has 178 valence electrons. The van der Waals surface area contributed by atoms with Crippen molar-refractivity contribution in [2.75, 3.05) is 13.7 Å². The number of aryl methyl sites for hydroxylation is 1. The van der Waals surface area contributed by atoms with Crippen LogP contribution in [0.5, 0.6) is 5.75 Å². The largest absolute Gasteiger partial charge is 0.497 e. The normalized spacial score (nSPS) is 11.5. The summed E-state index contributed by atoms with van der Waals surface area (Å²) in [4.78, 5) is 28.8. The molecule has 5 nitrogen and oxygen atoms in total. The molecule has 0 bridgehead atoms. The number of nitrogens with zero attached hydrogens (tertiary/aromatic N) is 1. The Hall–Kier alpha value is -3.60. The Balaban J connectivity index is 1.97. The third-order valence-corrected chi connectivity index (χ3v) is 5.91. The maximum absolute atomic E-state index is 13.7. The lowest BCUT2D eigenvalue weighted by Gasteiger charge is -2.32. The molecule has 2 amide bonds. The van der Waals surface area contributed by atoms with E-state index in [1.807, 2.05) is 92.7 Å². The van der Waals surface area contributed by atoms with E-state index in [0.717, 1.165) is 34.4 Å². The summed E-state index contributed by atoms with van der Waals surface area (Å²) in [6.45, 7) is 4.91. The molecular weight excluding hydrogens is 424 g/mol. The minimum Gasteiger partial charge on any atom is -0.497 e. The predicted molar refractivity (Wildman–Crippen MR) is 136 cm³/mol. The lowest BCUT2D eigenvalue weighted by molar-refractivity contribution is -0.140. The van der Waals surface area contributed by atoms with Crippen molar-refractivity contribution in [3.63, 3.8) is 0 Å². The van der Waals surface area contributed by atoms with Crippen LogP contribution < -0.4 is 10.1 Å². The number of carbonyl (C=O) groups excluding carboxylic acids is 2. The van der Waals surface area contributed by atoms with Crippen molar-refractivity contribution in [2.45, 2.75) is 45.7 Å². The summed E-state index contributed by atoms with van der Waals surface area (Å²) in [5, 5.41) is 3.01. The average molecular weight is 459 g/mol. The van der Waals surface area contributed by atoms with Crippen LogP contribution in [0.1, 0.15) is 35.6 Å². The van der Waals surface area contributed by atoms with Crippen LogP contribution in [-0.4, -0.2) is 36.4 Å². The van der Waals surface area contributed by atoms with Crippen molar-refractivity contribution in [3.05, 3.63) is 101 Å². The highest BCUT2D eigenvalue weighted by molar-refractivity contribution is 5.89. The van der Waals surface area contributed by atoms with Gasteiger partial charge in [0.1, 0.15) is 11.8 Å². The van der Waals surface area contributed by atoms with Gasteiger partial charge in [0, 0.05) is 19.5 Å². The molecule has 0 fully saturated rings. The topological polar surface area (TPSA) is 58.6 Å². The zero-order valence-electron chi connectivity index (χ0n) is 20.3. The van der Waals surface area contributed by atoms with Crippen LogP contribution in [0.4, 0.5) is 0 Å². The Morgan fingerprint density at radius 1 is 0.941 bits per heavy atom. The molecule has 0 spiro atoms. The second-order valence-electron chi connectivity index (χ2n) is 8.47. The maximum atomic E-state index is 13.7. The van der Waals surface area contributed by atoms with Gasteiger partial charge in [-0.1, -0.05) is 73.7 Å². The van der Waals surface area contributed by atoms with Gasteiger partial charge >= 0.3 is 0 Å². The van der Waals surface area contributed by atoms with E-state index >= 15 is 0 Å². The summed E-state index contributed by atoms with van der Waals surface area (Å²) in [5.41, 5.74) is 3.96. The van der Waals surface area contributed by atoms with Gasteiger partial charge < -0.3 is 15.0 Å². The highest BCUT2D eigenvalue weighted by Gasteiger charge is 2.30. The van der Waals surface area contributed by atoms with E-state index in [1.165, 1.54) is 0 Å². The number of methoxy groups -OCH3 is 1. The fourth-order valence-electron chi connectivity index (χ4n) is 3.96. The minimum absolute atomic E-state index is 0.0790. The van der Waals surface area contributed by atoms with E-state index in [9.17, 15) is 9.59 Å². The molecule has 5 heteroatoms. The van der Waals surface area contributed by atoms with Crippen LogP contribution in [0.15, 0.2) is 78.9 Å². The second-order valence-corrected chi connectivity index (χ2v) is 8.47. The van der Waals surface area contributed by atoms with Gasteiger partial charge in [0.15, 0.2) is 0 Å². The number of carbonyl (C=O) groups is 2. The molecule has 0 aliphatic rings. The Bertz CT molecular complexity index is 1080. The summed E-state index contributed by atoms with van der Waals surface area (Å²) in [6, 6.07) is 24.8. The van der Waals surface area contributed by atoms with Crippen LogP contribution in [0.25, 0.3) is 0 Å². The summed E-state index contributed by atoms with van der Waals surface area (Å²) in [7, 11) is 1.62. The van der Waals surface area contributed by atoms with Crippen molar-refractivity contribution in [1.29, 1.82) is 0 Å².